The lowest BCUT2D eigenvalue weighted by molar-refractivity contribution is -0.132. The van der Waals surface area contributed by atoms with E-state index in [1.165, 1.54) is 0 Å². The van der Waals surface area contributed by atoms with E-state index in [4.69, 9.17) is 10.5 Å². The van der Waals surface area contributed by atoms with Crippen molar-refractivity contribution < 1.29 is 9.53 Å². The van der Waals surface area contributed by atoms with Crippen molar-refractivity contribution >= 4 is 5.91 Å². The molecule has 0 aromatic heterocycles. The molecule has 4 heteroatoms. The zero-order valence-corrected chi connectivity index (χ0v) is 9.35. The maximum atomic E-state index is 11.8. The van der Waals surface area contributed by atoms with Crippen molar-refractivity contribution in [3.05, 3.63) is 29.8 Å². The molecule has 0 saturated carbocycles. The Hall–Kier alpha value is -1.55. The highest BCUT2D eigenvalue weighted by molar-refractivity contribution is 5.81. The Morgan fingerprint density at radius 1 is 1.50 bits per heavy atom. The molecule has 0 aliphatic carbocycles. The first-order valence-electron chi connectivity index (χ1n) is 5.43. The molecule has 1 aliphatic heterocycles. The minimum absolute atomic E-state index is 0.0275. The molecule has 2 rings (SSSR count). The molecule has 86 valence electrons. The first-order chi connectivity index (χ1) is 7.68. The molecule has 0 fully saturated rings. The summed E-state index contributed by atoms with van der Waals surface area (Å²) in [6.07, 6.45) is 0. The summed E-state index contributed by atoms with van der Waals surface area (Å²) < 4.78 is 5.57. The van der Waals surface area contributed by atoms with Gasteiger partial charge in [-0.3, -0.25) is 4.79 Å². The van der Waals surface area contributed by atoms with Gasteiger partial charge in [0.15, 0.2) is 0 Å². The van der Waals surface area contributed by atoms with Gasteiger partial charge in [0, 0.05) is 12.1 Å². The second-order valence-corrected chi connectivity index (χ2v) is 4.00. The van der Waals surface area contributed by atoms with Crippen LogP contribution in [0.3, 0.4) is 0 Å². The first kappa shape index (κ1) is 11.0. The molecule has 1 aromatic rings. The molecule has 0 bridgehead atoms. The van der Waals surface area contributed by atoms with Crippen molar-refractivity contribution in [1.29, 1.82) is 0 Å². The highest BCUT2D eigenvalue weighted by Gasteiger charge is 2.21. The van der Waals surface area contributed by atoms with E-state index in [9.17, 15) is 4.79 Å². The number of amides is 1. The number of benzene rings is 1. The summed E-state index contributed by atoms with van der Waals surface area (Å²) >= 11 is 0. The third kappa shape index (κ3) is 2.17. The molecule has 4 nitrogen and oxygen atoms in total. The maximum Gasteiger partial charge on any atom is 0.239 e. The Morgan fingerprint density at radius 2 is 2.25 bits per heavy atom. The third-order valence-electron chi connectivity index (χ3n) is 2.65. The van der Waals surface area contributed by atoms with Gasteiger partial charge >= 0.3 is 0 Å². The number of nitrogens with two attached hydrogens (primary N) is 1. The van der Waals surface area contributed by atoms with Gasteiger partial charge in [-0.15, -0.1) is 0 Å². The monoisotopic (exact) mass is 220 g/mol. The fourth-order valence-electron chi connectivity index (χ4n) is 1.80. The van der Waals surface area contributed by atoms with Crippen LogP contribution in [0.1, 0.15) is 12.5 Å². The third-order valence-corrected chi connectivity index (χ3v) is 2.65. The summed E-state index contributed by atoms with van der Waals surface area (Å²) in [5, 5.41) is 0. The van der Waals surface area contributed by atoms with E-state index in [1.54, 1.807) is 11.8 Å². The summed E-state index contributed by atoms with van der Waals surface area (Å²) in [6, 6.07) is 7.33. The van der Waals surface area contributed by atoms with Crippen molar-refractivity contribution in [3.63, 3.8) is 0 Å². The number of carbonyl (C=O) groups is 1. The molecule has 1 aromatic carbocycles. The van der Waals surface area contributed by atoms with Crippen molar-refractivity contribution in [1.82, 2.24) is 4.90 Å². The molecule has 1 heterocycles. The lowest BCUT2D eigenvalue weighted by Gasteiger charge is -2.21. The molecule has 1 aliphatic rings. The van der Waals surface area contributed by atoms with Gasteiger partial charge in [-0.1, -0.05) is 18.2 Å². The van der Waals surface area contributed by atoms with Crippen LogP contribution in [0.5, 0.6) is 5.75 Å². The number of rotatable bonds is 1. The minimum Gasteiger partial charge on any atom is -0.491 e. The van der Waals surface area contributed by atoms with E-state index in [1.807, 2.05) is 24.3 Å². The van der Waals surface area contributed by atoms with Crippen LogP contribution in [-0.4, -0.2) is 30.0 Å². The van der Waals surface area contributed by atoms with E-state index < -0.39 is 6.04 Å². The van der Waals surface area contributed by atoms with Crippen molar-refractivity contribution in [3.8, 4) is 5.75 Å². The fourth-order valence-corrected chi connectivity index (χ4v) is 1.80. The average Bonchev–Trinajstić information content (AvgIpc) is 2.49. The largest absolute Gasteiger partial charge is 0.491 e. The van der Waals surface area contributed by atoms with E-state index in [0.29, 0.717) is 19.7 Å². The Balaban J connectivity index is 2.20. The first-order valence-corrected chi connectivity index (χ1v) is 5.43. The van der Waals surface area contributed by atoms with Crippen LogP contribution in [0.4, 0.5) is 0 Å². The quantitative estimate of drug-likeness (QED) is 0.760. The van der Waals surface area contributed by atoms with Gasteiger partial charge in [0.1, 0.15) is 12.4 Å². The summed E-state index contributed by atoms with van der Waals surface area (Å²) in [5.74, 6) is 0.836. The Morgan fingerprint density at radius 3 is 3.00 bits per heavy atom. The molecular weight excluding hydrogens is 204 g/mol. The standard InChI is InChI=1S/C12H16N2O2/c1-9(13)12(15)14-6-7-16-11-5-3-2-4-10(11)8-14/h2-5,9H,6-8,13H2,1H3/t9-/m0/s1. The van der Waals surface area contributed by atoms with Crippen LogP contribution in [0.25, 0.3) is 0 Å². The average molecular weight is 220 g/mol. The van der Waals surface area contributed by atoms with Gasteiger partial charge in [0.05, 0.1) is 12.6 Å². The van der Waals surface area contributed by atoms with Crippen LogP contribution in [0.2, 0.25) is 0 Å². The van der Waals surface area contributed by atoms with Crippen LogP contribution >= 0.6 is 0 Å². The Kier molecular flexibility index (Phi) is 3.10. The highest BCUT2D eigenvalue weighted by Crippen LogP contribution is 2.22. The van der Waals surface area contributed by atoms with E-state index in [0.717, 1.165) is 11.3 Å². The number of para-hydroxylation sites is 1. The minimum atomic E-state index is -0.453. The zero-order valence-electron chi connectivity index (χ0n) is 9.35. The van der Waals surface area contributed by atoms with Crippen molar-refractivity contribution in [2.75, 3.05) is 13.2 Å². The van der Waals surface area contributed by atoms with Crippen molar-refractivity contribution in [2.24, 2.45) is 5.73 Å². The van der Waals surface area contributed by atoms with Gasteiger partial charge in [-0.2, -0.15) is 0 Å². The van der Waals surface area contributed by atoms with Crippen molar-refractivity contribution in [2.45, 2.75) is 19.5 Å². The Bertz CT molecular complexity index is 390. The van der Waals surface area contributed by atoms with Gasteiger partial charge in [-0.25, -0.2) is 0 Å². The molecule has 1 amide bonds. The second-order valence-electron chi connectivity index (χ2n) is 4.00. The lowest BCUT2D eigenvalue weighted by Crippen LogP contribution is -2.42. The number of nitrogens with zero attached hydrogens (tertiary/aromatic N) is 1. The molecular formula is C12H16N2O2. The second kappa shape index (κ2) is 4.53. The summed E-state index contributed by atoms with van der Waals surface area (Å²) in [7, 11) is 0. The molecule has 0 radical (unpaired) electrons. The topological polar surface area (TPSA) is 55.6 Å². The summed E-state index contributed by atoms with van der Waals surface area (Å²) in [5.41, 5.74) is 6.64. The molecule has 16 heavy (non-hydrogen) atoms. The molecule has 0 saturated heterocycles. The van der Waals surface area contributed by atoms with E-state index in [2.05, 4.69) is 0 Å². The molecule has 2 N–H and O–H groups in total. The predicted molar refractivity (Wildman–Crippen MR) is 61.0 cm³/mol. The fraction of sp³-hybridized carbons (Fsp3) is 0.417. The number of ether oxygens (including phenoxy) is 1. The van der Waals surface area contributed by atoms with Crippen LogP contribution in [0, 0.1) is 0 Å². The zero-order chi connectivity index (χ0) is 11.5. The Labute approximate surface area is 95.0 Å². The normalized spacial score (nSPS) is 17.0. The number of carbonyl (C=O) groups excluding carboxylic acids is 1. The van der Waals surface area contributed by atoms with Gasteiger partial charge in [0.2, 0.25) is 5.91 Å². The van der Waals surface area contributed by atoms with Crippen LogP contribution in [0.15, 0.2) is 24.3 Å². The van der Waals surface area contributed by atoms with Crippen LogP contribution < -0.4 is 10.5 Å². The van der Waals surface area contributed by atoms with Gasteiger partial charge in [0.25, 0.3) is 0 Å². The number of fused-ring (bicyclic) bond motifs is 1. The molecule has 0 unspecified atom stereocenters. The van der Waals surface area contributed by atoms with Gasteiger partial charge < -0.3 is 15.4 Å². The SMILES string of the molecule is C[C@H](N)C(=O)N1CCOc2ccccc2C1. The molecule has 0 spiro atoms. The molecule has 1 atom stereocenters. The smallest absolute Gasteiger partial charge is 0.239 e. The summed E-state index contributed by atoms with van der Waals surface area (Å²) in [4.78, 5) is 13.6. The van der Waals surface area contributed by atoms with E-state index >= 15 is 0 Å². The lowest BCUT2D eigenvalue weighted by atomic mass is 10.2. The highest BCUT2D eigenvalue weighted by atomic mass is 16.5. The maximum absolute atomic E-state index is 11.8. The predicted octanol–water partition coefficient (Wildman–Crippen LogP) is 0.755. The number of hydrogen-bond acceptors (Lipinski definition) is 3. The van der Waals surface area contributed by atoms with E-state index in [-0.39, 0.29) is 5.91 Å². The number of hydrogen-bond donors (Lipinski definition) is 1. The summed E-state index contributed by atoms with van der Waals surface area (Å²) in [6.45, 7) is 3.40. The van der Waals surface area contributed by atoms with Gasteiger partial charge in [-0.05, 0) is 13.0 Å². The van der Waals surface area contributed by atoms with Crippen LogP contribution in [-0.2, 0) is 11.3 Å².